The summed E-state index contributed by atoms with van der Waals surface area (Å²) in [5.74, 6) is 0.769. The van der Waals surface area contributed by atoms with Crippen LogP contribution < -0.4 is 10.2 Å². The van der Waals surface area contributed by atoms with Gasteiger partial charge in [-0.25, -0.2) is 0 Å². The van der Waals surface area contributed by atoms with Gasteiger partial charge in [-0.15, -0.1) is 0 Å². The van der Waals surface area contributed by atoms with Crippen molar-refractivity contribution in [1.82, 2.24) is 5.32 Å². The van der Waals surface area contributed by atoms with Crippen LogP contribution >= 0.6 is 0 Å². The number of carbonyl (C=O) groups is 1. The van der Waals surface area contributed by atoms with Gasteiger partial charge >= 0.3 is 0 Å². The van der Waals surface area contributed by atoms with E-state index >= 15 is 0 Å². The van der Waals surface area contributed by atoms with Crippen molar-refractivity contribution >= 4 is 11.6 Å². The first-order chi connectivity index (χ1) is 9.58. The van der Waals surface area contributed by atoms with Crippen LogP contribution in [0, 0.1) is 5.92 Å². The molecule has 1 aromatic carbocycles. The Morgan fingerprint density at radius 1 is 1.40 bits per heavy atom. The van der Waals surface area contributed by atoms with Gasteiger partial charge in [-0.05, 0) is 37.3 Å². The molecule has 1 amide bonds. The Balaban J connectivity index is 1.78. The van der Waals surface area contributed by atoms with Gasteiger partial charge in [-0.3, -0.25) is 4.79 Å². The number of anilines is 1. The van der Waals surface area contributed by atoms with E-state index in [0.717, 1.165) is 25.9 Å². The van der Waals surface area contributed by atoms with Gasteiger partial charge < -0.3 is 10.2 Å². The van der Waals surface area contributed by atoms with Crippen LogP contribution in [-0.4, -0.2) is 25.0 Å². The van der Waals surface area contributed by atoms with Crippen LogP contribution in [0.25, 0.3) is 0 Å². The summed E-state index contributed by atoms with van der Waals surface area (Å²) in [6, 6.07) is 9.10. The predicted molar refractivity (Wildman–Crippen MR) is 84.0 cm³/mol. The minimum Gasteiger partial charge on any atom is -0.367 e. The van der Waals surface area contributed by atoms with E-state index in [1.165, 1.54) is 11.3 Å². The van der Waals surface area contributed by atoms with E-state index in [1.54, 1.807) is 0 Å². The van der Waals surface area contributed by atoms with Gasteiger partial charge in [0, 0.05) is 31.2 Å². The van der Waals surface area contributed by atoms with E-state index < -0.39 is 0 Å². The van der Waals surface area contributed by atoms with Crippen LogP contribution in [0.1, 0.15) is 39.2 Å². The molecular weight excluding hydrogens is 248 g/mol. The average Bonchev–Trinajstić information content (AvgIpc) is 2.73. The summed E-state index contributed by atoms with van der Waals surface area (Å²) in [7, 11) is 0. The van der Waals surface area contributed by atoms with Gasteiger partial charge in [0.1, 0.15) is 0 Å². The number of para-hydroxylation sites is 1. The number of rotatable bonds is 6. The van der Waals surface area contributed by atoms with Crippen molar-refractivity contribution in [2.75, 3.05) is 18.0 Å². The lowest BCUT2D eigenvalue weighted by atomic mass is 10.1. The quantitative estimate of drug-likeness (QED) is 0.865. The molecule has 0 saturated carbocycles. The summed E-state index contributed by atoms with van der Waals surface area (Å²) < 4.78 is 0. The highest BCUT2D eigenvalue weighted by Gasteiger charge is 2.24. The van der Waals surface area contributed by atoms with Gasteiger partial charge in [0.25, 0.3) is 0 Å². The minimum absolute atomic E-state index is 0.179. The highest BCUT2D eigenvalue weighted by Crippen LogP contribution is 2.31. The minimum atomic E-state index is 0.179. The zero-order valence-corrected chi connectivity index (χ0v) is 12.9. The van der Waals surface area contributed by atoms with Gasteiger partial charge in [0.2, 0.25) is 5.91 Å². The van der Waals surface area contributed by atoms with Crippen molar-refractivity contribution in [2.24, 2.45) is 5.92 Å². The molecule has 1 unspecified atom stereocenters. The maximum atomic E-state index is 11.7. The number of hydrogen-bond donors (Lipinski definition) is 1. The molecule has 0 spiro atoms. The first-order valence-corrected chi connectivity index (χ1v) is 7.69. The van der Waals surface area contributed by atoms with Crippen LogP contribution in [-0.2, 0) is 11.2 Å². The molecule has 1 atom stereocenters. The van der Waals surface area contributed by atoms with Crippen LogP contribution in [0.2, 0.25) is 0 Å². The smallest absolute Gasteiger partial charge is 0.220 e. The zero-order valence-electron chi connectivity index (χ0n) is 12.9. The Hall–Kier alpha value is -1.51. The van der Waals surface area contributed by atoms with Crippen molar-refractivity contribution in [3.63, 3.8) is 0 Å². The molecule has 20 heavy (non-hydrogen) atoms. The van der Waals surface area contributed by atoms with Gasteiger partial charge in [0.15, 0.2) is 0 Å². The Kier molecular flexibility index (Phi) is 5.05. The van der Waals surface area contributed by atoms with E-state index in [9.17, 15) is 4.79 Å². The first-order valence-electron chi connectivity index (χ1n) is 7.69. The SMILES string of the molecule is CC(C)CCC(=O)NCCN1c2ccccc2CC1C. The fourth-order valence-electron chi connectivity index (χ4n) is 2.79. The Bertz CT molecular complexity index is 456. The number of nitrogens with one attached hydrogen (secondary N) is 1. The molecule has 2 rings (SSSR count). The van der Waals surface area contributed by atoms with E-state index in [4.69, 9.17) is 0 Å². The molecule has 0 fully saturated rings. The number of fused-ring (bicyclic) bond motifs is 1. The molecule has 1 heterocycles. The second-order valence-electron chi connectivity index (χ2n) is 6.16. The van der Waals surface area contributed by atoms with E-state index in [2.05, 4.69) is 55.3 Å². The summed E-state index contributed by atoms with van der Waals surface area (Å²) in [6.07, 6.45) is 2.72. The molecular formula is C17H26N2O. The van der Waals surface area contributed by atoms with Crippen molar-refractivity contribution in [1.29, 1.82) is 0 Å². The van der Waals surface area contributed by atoms with E-state index in [1.807, 2.05) is 0 Å². The second kappa shape index (κ2) is 6.78. The topological polar surface area (TPSA) is 32.3 Å². The molecule has 3 heteroatoms. The van der Waals surface area contributed by atoms with Gasteiger partial charge in [-0.2, -0.15) is 0 Å². The molecule has 0 aromatic heterocycles. The molecule has 0 radical (unpaired) electrons. The lowest BCUT2D eigenvalue weighted by Crippen LogP contribution is -2.37. The molecule has 0 saturated heterocycles. The Morgan fingerprint density at radius 2 is 2.15 bits per heavy atom. The number of amides is 1. The number of carbonyl (C=O) groups excluding carboxylic acids is 1. The molecule has 3 nitrogen and oxygen atoms in total. The maximum absolute atomic E-state index is 11.7. The van der Waals surface area contributed by atoms with Crippen LogP contribution in [0.3, 0.4) is 0 Å². The number of benzene rings is 1. The third-order valence-electron chi connectivity index (χ3n) is 3.97. The maximum Gasteiger partial charge on any atom is 0.220 e. The largest absolute Gasteiger partial charge is 0.367 e. The van der Waals surface area contributed by atoms with Crippen molar-refractivity contribution in [3.05, 3.63) is 29.8 Å². The number of nitrogens with zero attached hydrogens (tertiary/aromatic N) is 1. The third-order valence-corrected chi connectivity index (χ3v) is 3.97. The molecule has 1 aliphatic heterocycles. The molecule has 1 aliphatic rings. The summed E-state index contributed by atoms with van der Waals surface area (Å²) in [6.45, 7) is 8.17. The fourth-order valence-corrected chi connectivity index (χ4v) is 2.79. The lowest BCUT2D eigenvalue weighted by molar-refractivity contribution is -0.121. The van der Waals surface area contributed by atoms with Crippen molar-refractivity contribution < 1.29 is 4.79 Å². The van der Waals surface area contributed by atoms with Gasteiger partial charge in [0.05, 0.1) is 0 Å². The van der Waals surface area contributed by atoms with Crippen LogP contribution in [0.5, 0.6) is 0 Å². The average molecular weight is 274 g/mol. The predicted octanol–water partition coefficient (Wildman–Crippen LogP) is 2.99. The highest BCUT2D eigenvalue weighted by atomic mass is 16.1. The molecule has 1 N–H and O–H groups in total. The molecule has 110 valence electrons. The Morgan fingerprint density at radius 3 is 2.90 bits per heavy atom. The normalized spacial score (nSPS) is 17.4. The Labute approximate surface area is 122 Å². The monoisotopic (exact) mass is 274 g/mol. The lowest BCUT2D eigenvalue weighted by Gasteiger charge is -2.25. The summed E-state index contributed by atoms with van der Waals surface area (Å²) >= 11 is 0. The van der Waals surface area contributed by atoms with Gasteiger partial charge in [-0.1, -0.05) is 32.0 Å². The summed E-state index contributed by atoms with van der Waals surface area (Å²) in [4.78, 5) is 14.1. The highest BCUT2D eigenvalue weighted by molar-refractivity contribution is 5.75. The summed E-state index contributed by atoms with van der Waals surface area (Å²) in [5.41, 5.74) is 2.75. The second-order valence-corrected chi connectivity index (χ2v) is 6.16. The first kappa shape index (κ1) is 14.9. The molecule has 1 aromatic rings. The summed E-state index contributed by atoms with van der Waals surface area (Å²) in [5, 5.41) is 3.04. The third kappa shape index (κ3) is 3.75. The molecule has 0 bridgehead atoms. The van der Waals surface area contributed by atoms with Crippen LogP contribution in [0.15, 0.2) is 24.3 Å². The standard InChI is InChI=1S/C17H26N2O/c1-13(2)8-9-17(20)18-10-11-19-14(3)12-15-6-4-5-7-16(15)19/h4-7,13-14H,8-12H2,1-3H3,(H,18,20). The zero-order chi connectivity index (χ0) is 14.5. The van der Waals surface area contributed by atoms with E-state index in [-0.39, 0.29) is 5.91 Å². The van der Waals surface area contributed by atoms with Crippen LogP contribution in [0.4, 0.5) is 5.69 Å². The fraction of sp³-hybridized carbons (Fsp3) is 0.588. The van der Waals surface area contributed by atoms with Crippen molar-refractivity contribution in [3.8, 4) is 0 Å². The van der Waals surface area contributed by atoms with E-state index in [0.29, 0.717) is 18.4 Å². The number of hydrogen-bond acceptors (Lipinski definition) is 2. The molecule has 0 aliphatic carbocycles. The van der Waals surface area contributed by atoms with Crippen molar-refractivity contribution in [2.45, 2.75) is 46.1 Å².